The zero-order chi connectivity index (χ0) is 24.8. The number of thioether (sulfide) groups is 1. The van der Waals surface area contributed by atoms with Gasteiger partial charge in [-0.15, -0.1) is 11.8 Å². The molecule has 0 atom stereocenters. The summed E-state index contributed by atoms with van der Waals surface area (Å²) in [6.07, 6.45) is 6.46. The molecule has 0 bridgehead atoms. The molecule has 35 heavy (non-hydrogen) atoms. The minimum absolute atomic E-state index is 0.127. The number of rotatable bonds is 7. The van der Waals surface area contributed by atoms with Crippen LogP contribution in [-0.2, 0) is 14.9 Å². The SMILES string of the molecule is CSc1ccc(NC2CCC(OCC(=O)N3CCN(c4ccc(C(C)(C)C)cc4)CC3)CC2)cc1. The molecule has 1 aliphatic heterocycles. The van der Waals surface area contributed by atoms with E-state index in [0.29, 0.717) is 6.04 Å². The second kappa shape index (κ2) is 11.7. The van der Waals surface area contributed by atoms with E-state index in [1.54, 1.807) is 11.8 Å². The maximum atomic E-state index is 12.8. The number of carbonyl (C=O) groups is 1. The van der Waals surface area contributed by atoms with Crippen LogP contribution in [0.4, 0.5) is 11.4 Å². The molecular weight excluding hydrogens is 454 g/mol. The van der Waals surface area contributed by atoms with Crippen molar-refractivity contribution >= 4 is 29.0 Å². The molecule has 1 heterocycles. The lowest BCUT2D eigenvalue weighted by molar-refractivity contribution is -0.139. The minimum atomic E-state index is 0.127. The third kappa shape index (κ3) is 7.17. The fourth-order valence-electron chi connectivity index (χ4n) is 4.96. The van der Waals surface area contributed by atoms with Crippen LogP contribution in [0.5, 0.6) is 0 Å². The highest BCUT2D eigenvalue weighted by atomic mass is 32.2. The first-order valence-corrected chi connectivity index (χ1v) is 14.2. The summed E-state index contributed by atoms with van der Waals surface area (Å²) in [7, 11) is 0. The summed E-state index contributed by atoms with van der Waals surface area (Å²) in [5.74, 6) is 0.127. The fourth-order valence-corrected chi connectivity index (χ4v) is 5.37. The Balaban J connectivity index is 1.15. The Kier molecular flexibility index (Phi) is 8.66. The second-order valence-corrected chi connectivity index (χ2v) is 11.7. The Labute approximate surface area is 215 Å². The predicted molar refractivity (Wildman–Crippen MR) is 148 cm³/mol. The quantitative estimate of drug-likeness (QED) is 0.492. The van der Waals surface area contributed by atoms with E-state index in [9.17, 15) is 4.79 Å². The number of piperazine rings is 1. The number of anilines is 2. The summed E-state index contributed by atoms with van der Waals surface area (Å²) in [5, 5.41) is 3.65. The van der Waals surface area contributed by atoms with Gasteiger partial charge in [0.1, 0.15) is 6.61 Å². The fraction of sp³-hybridized carbons (Fsp3) is 0.552. The smallest absolute Gasteiger partial charge is 0.248 e. The molecule has 2 aromatic carbocycles. The van der Waals surface area contributed by atoms with E-state index < -0.39 is 0 Å². The van der Waals surface area contributed by atoms with E-state index in [1.807, 2.05) is 4.90 Å². The van der Waals surface area contributed by atoms with Gasteiger partial charge in [0, 0.05) is 48.5 Å². The van der Waals surface area contributed by atoms with Gasteiger partial charge in [-0.2, -0.15) is 0 Å². The molecule has 4 rings (SSSR count). The highest BCUT2D eigenvalue weighted by Crippen LogP contribution is 2.27. The highest BCUT2D eigenvalue weighted by molar-refractivity contribution is 7.98. The van der Waals surface area contributed by atoms with Gasteiger partial charge in [0.15, 0.2) is 0 Å². The number of ether oxygens (including phenoxy) is 1. The van der Waals surface area contributed by atoms with E-state index in [2.05, 4.69) is 85.8 Å². The summed E-state index contributed by atoms with van der Waals surface area (Å²) >= 11 is 1.76. The molecule has 0 spiro atoms. The Hall–Kier alpha value is -2.18. The van der Waals surface area contributed by atoms with Crippen molar-refractivity contribution in [1.82, 2.24) is 4.90 Å². The molecule has 190 valence electrons. The third-order valence-electron chi connectivity index (χ3n) is 7.31. The lowest BCUT2D eigenvalue weighted by atomic mass is 9.87. The van der Waals surface area contributed by atoms with Crippen LogP contribution in [0.25, 0.3) is 0 Å². The number of hydrogen-bond acceptors (Lipinski definition) is 5. The van der Waals surface area contributed by atoms with Crippen LogP contribution in [0.1, 0.15) is 52.0 Å². The number of hydrogen-bond donors (Lipinski definition) is 1. The molecule has 1 saturated carbocycles. The zero-order valence-electron chi connectivity index (χ0n) is 21.8. The van der Waals surface area contributed by atoms with Gasteiger partial charge in [0.25, 0.3) is 0 Å². The topological polar surface area (TPSA) is 44.8 Å². The largest absolute Gasteiger partial charge is 0.382 e. The maximum Gasteiger partial charge on any atom is 0.248 e. The first kappa shape index (κ1) is 25.9. The van der Waals surface area contributed by atoms with Crippen molar-refractivity contribution in [1.29, 1.82) is 0 Å². The zero-order valence-corrected chi connectivity index (χ0v) is 22.6. The second-order valence-electron chi connectivity index (χ2n) is 10.8. The van der Waals surface area contributed by atoms with E-state index >= 15 is 0 Å². The van der Waals surface area contributed by atoms with Crippen molar-refractivity contribution in [2.75, 3.05) is 49.3 Å². The minimum Gasteiger partial charge on any atom is -0.382 e. The monoisotopic (exact) mass is 495 g/mol. The van der Waals surface area contributed by atoms with Crippen LogP contribution in [0.3, 0.4) is 0 Å². The van der Waals surface area contributed by atoms with E-state index in [1.165, 1.54) is 21.8 Å². The summed E-state index contributed by atoms with van der Waals surface area (Å²) in [6, 6.07) is 18.0. The highest BCUT2D eigenvalue weighted by Gasteiger charge is 2.25. The van der Waals surface area contributed by atoms with Gasteiger partial charge in [-0.25, -0.2) is 0 Å². The van der Waals surface area contributed by atoms with Gasteiger partial charge in [-0.3, -0.25) is 4.79 Å². The van der Waals surface area contributed by atoms with Crippen molar-refractivity contribution in [3.05, 3.63) is 54.1 Å². The molecule has 2 aromatic rings. The molecular formula is C29H41N3O2S. The van der Waals surface area contributed by atoms with E-state index in [4.69, 9.17) is 4.74 Å². The average molecular weight is 496 g/mol. The van der Waals surface area contributed by atoms with Crippen LogP contribution in [0, 0.1) is 0 Å². The van der Waals surface area contributed by atoms with E-state index in [0.717, 1.165) is 51.9 Å². The Morgan fingerprint density at radius 2 is 1.57 bits per heavy atom. The number of nitrogens with zero attached hydrogens (tertiary/aromatic N) is 2. The van der Waals surface area contributed by atoms with Crippen molar-refractivity contribution in [2.45, 2.75) is 68.9 Å². The molecule has 0 radical (unpaired) electrons. The Bertz CT molecular complexity index is 939. The van der Waals surface area contributed by atoms with Crippen molar-refractivity contribution in [3.8, 4) is 0 Å². The van der Waals surface area contributed by atoms with Gasteiger partial charge >= 0.3 is 0 Å². The van der Waals surface area contributed by atoms with Gasteiger partial charge in [0.05, 0.1) is 6.10 Å². The predicted octanol–water partition coefficient (Wildman–Crippen LogP) is 5.79. The third-order valence-corrected chi connectivity index (χ3v) is 8.05. The molecule has 1 saturated heterocycles. The molecule has 0 aromatic heterocycles. The lowest BCUT2D eigenvalue weighted by Crippen LogP contribution is -2.50. The summed E-state index contributed by atoms with van der Waals surface area (Å²) < 4.78 is 6.05. The van der Waals surface area contributed by atoms with Crippen LogP contribution < -0.4 is 10.2 Å². The van der Waals surface area contributed by atoms with Crippen LogP contribution in [0.15, 0.2) is 53.4 Å². The molecule has 6 heteroatoms. The average Bonchev–Trinajstić information content (AvgIpc) is 2.88. The summed E-state index contributed by atoms with van der Waals surface area (Å²) in [4.78, 5) is 18.4. The van der Waals surface area contributed by atoms with Crippen LogP contribution in [-0.4, -0.2) is 62.0 Å². The van der Waals surface area contributed by atoms with E-state index in [-0.39, 0.29) is 24.0 Å². The number of benzene rings is 2. The molecule has 2 fully saturated rings. The number of carbonyl (C=O) groups excluding carboxylic acids is 1. The molecule has 5 nitrogen and oxygen atoms in total. The Morgan fingerprint density at radius 1 is 0.943 bits per heavy atom. The molecule has 1 amide bonds. The Morgan fingerprint density at radius 3 is 2.14 bits per heavy atom. The molecule has 1 N–H and O–H groups in total. The van der Waals surface area contributed by atoms with Gasteiger partial charge < -0.3 is 19.9 Å². The summed E-state index contributed by atoms with van der Waals surface area (Å²) in [5.41, 5.74) is 3.94. The van der Waals surface area contributed by atoms with Gasteiger partial charge in [0.2, 0.25) is 5.91 Å². The normalized spacial score (nSPS) is 21.1. The molecule has 1 aliphatic carbocycles. The molecule has 0 unspecified atom stereocenters. The van der Waals surface area contributed by atoms with Crippen molar-refractivity contribution < 1.29 is 9.53 Å². The first-order chi connectivity index (χ1) is 16.8. The van der Waals surface area contributed by atoms with Gasteiger partial charge in [-0.1, -0.05) is 32.9 Å². The number of amides is 1. The van der Waals surface area contributed by atoms with Gasteiger partial charge in [-0.05, 0) is 79.3 Å². The maximum absolute atomic E-state index is 12.8. The summed E-state index contributed by atoms with van der Waals surface area (Å²) in [6.45, 7) is 10.2. The molecule has 2 aliphatic rings. The lowest BCUT2D eigenvalue weighted by Gasteiger charge is -2.37. The van der Waals surface area contributed by atoms with Crippen molar-refractivity contribution in [3.63, 3.8) is 0 Å². The standard InChI is InChI=1S/C29H41N3O2S/c1-29(2,3)22-5-11-25(12-6-22)31-17-19-32(20-18-31)28(33)21-34-26-13-7-23(8-14-26)30-24-9-15-27(35-4)16-10-24/h5-6,9-12,15-16,23,26,30H,7-8,13-14,17-21H2,1-4H3. The van der Waals surface area contributed by atoms with Crippen LogP contribution in [0.2, 0.25) is 0 Å². The number of nitrogens with one attached hydrogen (secondary N) is 1. The first-order valence-electron chi connectivity index (χ1n) is 13.0. The van der Waals surface area contributed by atoms with Crippen LogP contribution >= 0.6 is 11.8 Å². The van der Waals surface area contributed by atoms with Crippen molar-refractivity contribution in [2.24, 2.45) is 0 Å².